The van der Waals surface area contributed by atoms with Gasteiger partial charge in [0.25, 0.3) is 0 Å². The lowest BCUT2D eigenvalue weighted by Gasteiger charge is -2.24. The lowest BCUT2D eigenvalue weighted by atomic mass is 9.88. The van der Waals surface area contributed by atoms with E-state index in [1.54, 1.807) is 0 Å². The minimum Gasteiger partial charge on any atom is -0.389 e. The van der Waals surface area contributed by atoms with Gasteiger partial charge >= 0.3 is 0 Å². The Labute approximate surface area is 75.4 Å². The first-order chi connectivity index (χ1) is 5.66. The molecule has 2 heteroatoms. The van der Waals surface area contributed by atoms with Crippen LogP contribution in [0.15, 0.2) is 0 Å². The molecule has 1 aliphatic rings. The first-order valence-electron chi connectivity index (χ1n) is 5.09. The summed E-state index contributed by atoms with van der Waals surface area (Å²) in [7, 11) is 0. The molecule has 1 fully saturated rings. The van der Waals surface area contributed by atoms with Gasteiger partial charge in [0.15, 0.2) is 0 Å². The molecule has 2 atom stereocenters. The number of hydrogen-bond acceptors (Lipinski definition) is 2. The van der Waals surface area contributed by atoms with Crippen molar-refractivity contribution in [3.05, 3.63) is 0 Å². The highest BCUT2D eigenvalue weighted by Gasteiger charge is 2.31. The van der Waals surface area contributed by atoms with E-state index in [1.165, 1.54) is 12.8 Å². The molecule has 0 spiro atoms. The SMILES string of the molecule is CCCC(C)CC1(O)CCNC1. The number of β-amino-alcohol motifs (C(OH)–C–C–N with tert-alkyl or cyclic N) is 1. The van der Waals surface area contributed by atoms with E-state index in [0.29, 0.717) is 5.92 Å². The van der Waals surface area contributed by atoms with Gasteiger partial charge in [-0.3, -0.25) is 0 Å². The quantitative estimate of drug-likeness (QED) is 0.672. The lowest BCUT2D eigenvalue weighted by molar-refractivity contribution is 0.0362. The second-order valence-electron chi connectivity index (χ2n) is 4.25. The van der Waals surface area contributed by atoms with Crippen molar-refractivity contribution in [3.8, 4) is 0 Å². The minimum atomic E-state index is -0.394. The number of rotatable bonds is 4. The van der Waals surface area contributed by atoms with Gasteiger partial charge < -0.3 is 10.4 Å². The molecule has 2 unspecified atom stereocenters. The van der Waals surface area contributed by atoms with E-state index in [9.17, 15) is 5.11 Å². The number of aliphatic hydroxyl groups is 1. The Morgan fingerprint density at radius 3 is 2.83 bits per heavy atom. The Morgan fingerprint density at radius 1 is 1.58 bits per heavy atom. The molecular weight excluding hydrogens is 150 g/mol. The molecule has 2 N–H and O–H groups in total. The van der Waals surface area contributed by atoms with Crippen molar-refractivity contribution >= 4 is 0 Å². The Bertz CT molecular complexity index is 130. The van der Waals surface area contributed by atoms with E-state index in [-0.39, 0.29) is 0 Å². The van der Waals surface area contributed by atoms with Crippen LogP contribution in [0.1, 0.15) is 39.5 Å². The van der Waals surface area contributed by atoms with Gasteiger partial charge in [0.2, 0.25) is 0 Å². The molecule has 1 saturated heterocycles. The zero-order valence-electron chi connectivity index (χ0n) is 8.27. The van der Waals surface area contributed by atoms with Crippen molar-refractivity contribution in [3.63, 3.8) is 0 Å². The Balaban J connectivity index is 2.28. The minimum absolute atomic E-state index is 0.394. The van der Waals surface area contributed by atoms with E-state index < -0.39 is 5.60 Å². The maximum Gasteiger partial charge on any atom is 0.0786 e. The van der Waals surface area contributed by atoms with Gasteiger partial charge in [-0.25, -0.2) is 0 Å². The fourth-order valence-corrected chi connectivity index (χ4v) is 2.15. The van der Waals surface area contributed by atoms with Crippen LogP contribution in [0.25, 0.3) is 0 Å². The second kappa shape index (κ2) is 4.24. The molecule has 0 radical (unpaired) electrons. The fourth-order valence-electron chi connectivity index (χ4n) is 2.15. The van der Waals surface area contributed by atoms with E-state index in [0.717, 1.165) is 25.9 Å². The van der Waals surface area contributed by atoms with Crippen LogP contribution in [0.5, 0.6) is 0 Å². The summed E-state index contributed by atoms with van der Waals surface area (Å²) >= 11 is 0. The van der Waals surface area contributed by atoms with Gasteiger partial charge in [0.1, 0.15) is 0 Å². The lowest BCUT2D eigenvalue weighted by Crippen LogP contribution is -2.33. The molecule has 0 amide bonds. The standard InChI is InChI=1S/C10H21NO/c1-3-4-9(2)7-10(12)5-6-11-8-10/h9,11-12H,3-8H2,1-2H3. The summed E-state index contributed by atoms with van der Waals surface area (Å²) in [5.74, 6) is 0.667. The molecule has 0 aliphatic carbocycles. The smallest absolute Gasteiger partial charge is 0.0786 e. The van der Waals surface area contributed by atoms with Crippen LogP contribution in [0.2, 0.25) is 0 Å². The zero-order valence-corrected chi connectivity index (χ0v) is 8.27. The summed E-state index contributed by atoms with van der Waals surface area (Å²) in [6.07, 6.45) is 4.36. The van der Waals surface area contributed by atoms with Crippen molar-refractivity contribution in [1.29, 1.82) is 0 Å². The third-order valence-electron chi connectivity index (χ3n) is 2.73. The van der Waals surface area contributed by atoms with E-state index in [2.05, 4.69) is 19.2 Å². The van der Waals surface area contributed by atoms with Crippen LogP contribution in [0.4, 0.5) is 0 Å². The highest BCUT2D eigenvalue weighted by atomic mass is 16.3. The van der Waals surface area contributed by atoms with Crippen LogP contribution >= 0.6 is 0 Å². The molecule has 0 saturated carbocycles. The van der Waals surface area contributed by atoms with Crippen molar-refractivity contribution in [1.82, 2.24) is 5.32 Å². The van der Waals surface area contributed by atoms with Crippen molar-refractivity contribution in [2.24, 2.45) is 5.92 Å². The molecule has 2 nitrogen and oxygen atoms in total. The van der Waals surface area contributed by atoms with Crippen molar-refractivity contribution in [2.75, 3.05) is 13.1 Å². The first-order valence-corrected chi connectivity index (χ1v) is 5.09. The number of hydrogen-bond donors (Lipinski definition) is 2. The highest BCUT2D eigenvalue weighted by molar-refractivity contribution is 4.88. The van der Waals surface area contributed by atoms with Gasteiger partial charge in [-0.1, -0.05) is 26.7 Å². The molecule has 0 aromatic carbocycles. The second-order valence-corrected chi connectivity index (χ2v) is 4.25. The van der Waals surface area contributed by atoms with Gasteiger partial charge in [0, 0.05) is 6.54 Å². The van der Waals surface area contributed by atoms with Crippen LogP contribution in [-0.4, -0.2) is 23.8 Å². The summed E-state index contributed by atoms with van der Waals surface area (Å²) in [5, 5.41) is 13.2. The summed E-state index contributed by atoms with van der Waals surface area (Å²) in [6, 6.07) is 0. The Kier molecular flexibility index (Phi) is 3.53. The molecular formula is C10H21NO. The van der Waals surface area contributed by atoms with Crippen molar-refractivity contribution in [2.45, 2.75) is 45.1 Å². The Morgan fingerprint density at radius 2 is 2.33 bits per heavy atom. The average molecular weight is 171 g/mol. The van der Waals surface area contributed by atoms with Gasteiger partial charge in [-0.05, 0) is 25.3 Å². The maximum atomic E-state index is 10.0. The van der Waals surface area contributed by atoms with E-state index in [1.807, 2.05) is 0 Å². The summed E-state index contributed by atoms with van der Waals surface area (Å²) in [6.45, 7) is 6.21. The van der Waals surface area contributed by atoms with Gasteiger partial charge in [-0.2, -0.15) is 0 Å². The van der Waals surface area contributed by atoms with E-state index >= 15 is 0 Å². The third-order valence-corrected chi connectivity index (χ3v) is 2.73. The predicted molar refractivity (Wildman–Crippen MR) is 51.1 cm³/mol. The van der Waals surface area contributed by atoms with Gasteiger partial charge in [-0.15, -0.1) is 0 Å². The zero-order chi connectivity index (χ0) is 9.03. The van der Waals surface area contributed by atoms with E-state index in [4.69, 9.17) is 0 Å². The average Bonchev–Trinajstić information content (AvgIpc) is 2.36. The summed E-state index contributed by atoms with van der Waals surface area (Å²) in [4.78, 5) is 0. The molecule has 1 rings (SSSR count). The molecule has 1 heterocycles. The first kappa shape index (κ1) is 10.0. The highest BCUT2D eigenvalue weighted by Crippen LogP contribution is 2.25. The van der Waals surface area contributed by atoms with Crippen LogP contribution in [0, 0.1) is 5.92 Å². The summed E-state index contributed by atoms with van der Waals surface area (Å²) in [5.41, 5.74) is -0.394. The normalized spacial score (nSPS) is 32.2. The fraction of sp³-hybridized carbons (Fsp3) is 1.00. The molecule has 0 aromatic rings. The van der Waals surface area contributed by atoms with Crippen molar-refractivity contribution < 1.29 is 5.11 Å². The molecule has 0 bridgehead atoms. The van der Waals surface area contributed by atoms with Gasteiger partial charge in [0.05, 0.1) is 5.60 Å². The Hall–Kier alpha value is -0.0800. The largest absolute Gasteiger partial charge is 0.389 e. The number of nitrogens with one attached hydrogen (secondary N) is 1. The topological polar surface area (TPSA) is 32.3 Å². The van der Waals surface area contributed by atoms with Crippen LogP contribution in [-0.2, 0) is 0 Å². The monoisotopic (exact) mass is 171 g/mol. The molecule has 12 heavy (non-hydrogen) atoms. The molecule has 1 aliphatic heterocycles. The maximum absolute atomic E-state index is 10.0. The van der Waals surface area contributed by atoms with Crippen LogP contribution < -0.4 is 5.32 Å². The molecule has 72 valence electrons. The van der Waals surface area contributed by atoms with Crippen LogP contribution in [0.3, 0.4) is 0 Å². The molecule has 0 aromatic heterocycles. The predicted octanol–water partition coefficient (Wildman–Crippen LogP) is 1.54. The summed E-state index contributed by atoms with van der Waals surface area (Å²) < 4.78 is 0. The third kappa shape index (κ3) is 2.76.